The molecule has 114 valence electrons. The number of aliphatic hydroxyl groups is 1. The van der Waals surface area contributed by atoms with Crippen molar-refractivity contribution in [1.29, 1.82) is 0 Å². The van der Waals surface area contributed by atoms with Crippen molar-refractivity contribution in [1.82, 2.24) is 9.80 Å². The number of phosphoric acid groups is 1. The second-order valence-electron chi connectivity index (χ2n) is 4.40. The third kappa shape index (κ3) is 7.34. The minimum absolute atomic E-state index is 0.114. The molecule has 19 heavy (non-hydrogen) atoms. The van der Waals surface area contributed by atoms with Gasteiger partial charge in [0.05, 0.1) is 19.8 Å². The number of hydrogen-bond donors (Lipinski definition) is 3. The fourth-order valence-corrected chi connectivity index (χ4v) is 2.28. The van der Waals surface area contributed by atoms with E-state index in [1.54, 1.807) is 0 Å². The fraction of sp³-hybridized carbons (Fsp3) is 1.00. The molecule has 8 nitrogen and oxygen atoms in total. The number of aliphatic hydroxyl groups excluding tert-OH is 1. The molecule has 9 heteroatoms. The van der Waals surface area contributed by atoms with Gasteiger partial charge in [-0.15, -0.1) is 0 Å². The Morgan fingerprint density at radius 1 is 1.21 bits per heavy atom. The second kappa shape index (κ2) is 8.28. The molecule has 1 atom stereocenters. The van der Waals surface area contributed by atoms with E-state index < -0.39 is 7.82 Å². The van der Waals surface area contributed by atoms with Crippen LogP contribution in [0.15, 0.2) is 0 Å². The van der Waals surface area contributed by atoms with E-state index in [2.05, 4.69) is 14.3 Å². The van der Waals surface area contributed by atoms with Crippen LogP contribution in [0.2, 0.25) is 0 Å². The van der Waals surface area contributed by atoms with Crippen LogP contribution in [0.4, 0.5) is 0 Å². The molecule has 1 rings (SSSR count). The van der Waals surface area contributed by atoms with Gasteiger partial charge in [0.2, 0.25) is 0 Å². The number of β-amino-alcohol motifs (C(OH)–C–C–N with tert-alkyl or cyclic N) is 1. The van der Waals surface area contributed by atoms with E-state index in [1.807, 2.05) is 6.92 Å². The van der Waals surface area contributed by atoms with Crippen molar-refractivity contribution in [3.8, 4) is 0 Å². The zero-order chi connectivity index (χ0) is 14.3. The normalized spacial score (nSPS) is 20.6. The number of ether oxygens (including phenoxy) is 1. The molecule has 0 aliphatic carbocycles. The third-order valence-electron chi connectivity index (χ3n) is 3.04. The Morgan fingerprint density at radius 3 is 2.37 bits per heavy atom. The summed E-state index contributed by atoms with van der Waals surface area (Å²) in [5, 5.41) is 8.84. The minimum atomic E-state index is -4.40. The Labute approximate surface area is 113 Å². The van der Waals surface area contributed by atoms with E-state index in [-0.39, 0.29) is 26.0 Å². The van der Waals surface area contributed by atoms with Crippen LogP contribution in [0, 0.1) is 0 Å². The molecule has 0 aromatic rings. The minimum Gasteiger partial charge on any atom is -0.395 e. The lowest BCUT2D eigenvalue weighted by Crippen LogP contribution is -2.50. The van der Waals surface area contributed by atoms with Gasteiger partial charge in [0, 0.05) is 32.7 Å². The van der Waals surface area contributed by atoms with E-state index >= 15 is 0 Å². The lowest BCUT2D eigenvalue weighted by molar-refractivity contribution is -0.0734. The highest BCUT2D eigenvalue weighted by Gasteiger charge is 2.21. The van der Waals surface area contributed by atoms with Crippen molar-refractivity contribution < 1.29 is 28.7 Å². The molecule has 0 bridgehead atoms. The monoisotopic (exact) mass is 298 g/mol. The van der Waals surface area contributed by atoms with Crippen molar-refractivity contribution in [3.05, 3.63) is 0 Å². The van der Waals surface area contributed by atoms with E-state index in [1.165, 1.54) is 0 Å². The van der Waals surface area contributed by atoms with Crippen molar-refractivity contribution >= 4 is 7.82 Å². The van der Waals surface area contributed by atoms with Crippen LogP contribution in [-0.4, -0.2) is 83.5 Å². The molecule has 0 aromatic heterocycles. The highest BCUT2D eigenvalue weighted by molar-refractivity contribution is 7.46. The molecule has 1 saturated heterocycles. The molecule has 1 aliphatic heterocycles. The average molecular weight is 298 g/mol. The SMILES string of the molecule is CC(OCCOP(=O)(O)O)N1CCN(CCO)CC1. The lowest BCUT2D eigenvalue weighted by Gasteiger charge is -2.37. The zero-order valence-electron chi connectivity index (χ0n) is 11.1. The van der Waals surface area contributed by atoms with Crippen molar-refractivity contribution in [2.24, 2.45) is 0 Å². The lowest BCUT2D eigenvalue weighted by atomic mass is 10.3. The highest BCUT2D eigenvalue weighted by Crippen LogP contribution is 2.35. The quantitative estimate of drug-likeness (QED) is 0.390. The van der Waals surface area contributed by atoms with Crippen molar-refractivity contribution in [2.75, 3.05) is 52.5 Å². The Balaban J connectivity index is 2.14. The fourth-order valence-electron chi connectivity index (χ4n) is 1.97. The molecular formula is C10H23N2O6P. The first-order chi connectivity index (χ1) is 8.92. The van der Waals surface area contributed by atoms with Crippen LogP contribution in [0.5, 0.6) is 0 Å². The summed E-state index contributed by atoms with van der Waals surface area (Å²) in [6, 6.07) is 0. The first kappa shape index (κ1) is 17.0. The number of rotatable bonds is 8. The largest absolute Gasteiger partial charge is 0.469 e. The Hall–Kier alpha value is -0.0500. The summed E-state index contributed by atoms with van der Waals surface area (Å²) in [6.07, 6.45) is -0.114. The summed E-state index contributed by atoms with van der Waals surface area (Å²) in [6.45, 7) is 6.24. The van der Waals surface area contributed by atoms with Crippen LogP contribution in [0.25, 0.3) is 0 Å². The first-order valence-corrected chi connectivity index (χ1v) is 7.84. The van der Waals surface area contributed by atoms with Crippen molar-refractivity contribution in [2.45, 2.75) is 13.2 Å². The predicted octanol–water partition coefficient (Wildman–Crippen LogP) is -0.932. The zero-order valence-corrected chi connectivity index (χ0v) is 12.0. The maximum Gasteiger partial charge on any atom is 0.469 e. The maximum atomic E-state index is 10.5. The van der Waals surface area contributed by atoms with Gasteiger partial charge in [-0.3, -0.25) is 14.3 Å². The Bertz CT molecular complexity index is 292. The standard InChI is InChI=1S/C10H23N2O6P/c1-10(17-8-9-18-19(14,15)16)12-4-2-11(3-5-12)6-7-13/h10,13H,2-9H2,1H3,(H2,14,15,16). The maximum absolute atomic E-state index is 10.5. The first-order valence-electron chi connectivity index (χ1n) is 6.31. The van der Waals surface area contributed by atoms with Gasteiger partial charge in [-0.2, -0.15) is 0 Å². The summed E-state index contributed by atoms with van der Waals surface area (Å²) in [4.78, 5) is 21.3. The smallest absolute Gasteiger partial charge is 0.395 e. The topological polar surface area (TPSA) is 103 Å². The molecule has 1 heterocycles. The molecule has 1 fully saturated rings. The van der Waals surface area contributed by atoms with Gasteiger partial charge >= 0.3 is 7.82 Å². The van der Waals surface area contributed by atoms with Gasteiger partial charge in [-0.25, -0.2) is 4.57 Å². The summed E-state index contributed by atoms with van der Waals surface area (Å²) in [5.41, 5.74) is 0. The van der Waals surface area contributed by atoms with Crippen LogP contribution < -0.4 is 0 Å². The summed E-state index contributed by atoms with van der Waals surface area (Å²) >= 11 is 0. The molecule has 0 aromatic carbocycles. The molecule has 0 saturated carbocycles. The molecule has 0 radical (unpaired) electrons. The van der Waals surface area contributed by atoms with E-state index in [4.69, 9.17) is 19.6 Å². The van der Waals surface area contributed by atoms with Crippen LogP contribution in [0.1, 0.15) is 6.92 Å². The van der Waals surface area contributed by atoms with Gasteiger partial charge in [0.15, 0.2) is 0 Å². The van der Waals surface area contributed by atoms with Gasteiger partial charge in [0.1, 0.15) is 6.23 Å². The van der Waals surface area contributed by atoms with E-state index in [9.17, 15) is 4.57 Å². The molecule has 0 spiro atoms. The van der Waals surface area contributed by atoms with Gasteiger partial charge < -0.3 is 19.6 Å². The molecule has 1 aliphatic rings. The van der Waals surface area contributed by atoms with Gasteiger partial charge in [-0.1, -0.05) is 0 Å². The third-order valence-corrected chi connectivity index (χ3v) is 3.56. The van der Waals surface area contributed by atoms with E-state index in [0.29, 0.717) is 6.54 Å². The van der Waals surface area contributed by atoms with Crippen LogP contribution in [0.3, 0.4) is 0 Å². The molecule has 3 N–H and O–H groups in total. The van der Waals surface area contributed by atoms with Gasteiger partial charge in [-0.05, 0) is 6.92 Å². The molecule has 1 unspecified atom stereocenters. The molecular weight excluding hydrogens is 275 g/mol. The average Bonchev–Trinajstić information content (AvgIpc) is 2.34. The predicted molar refractivity (Wildman–Crippen MR) is 68.5 cm³/mol. The summed E-state index contributed by atoms with van der Waals surface area (Å²) in [7, 11) is -4.40. The van der Waals surface area contributed by atoms with Crippen molar-refractivity contribution in [3.63, 3.8) is 0 Å². The Kier molecular flexibility index (Phi) is 7.41. The van der Waals surface area contributed by atoms with E-state index in [0.717, 1.165) is 26.2 Å². The Morgan fingerprint density at radius 2 is 1.84 bits per heavy atom. The molecule has 0 amide bonds. The van der Waals surface area contributed by atoms with Crippen LogP contribution >= 0.6 is 7.82 Å². The van der Waals surface area contributed by atoms with Crippen LogP contribution in [-0.2, 0) is 13.8 Å². The number of hydrogen-bond acceptors (Lipinski definition) is 6. The second-order valence-corrected chi connectivity index (χ2v) is 5.63. The number of piperazine rings is 1. The highest BCUT2D eigenvalue weighted by atomic mass is 31.2. The summed E-state index contributed by atoms with van der Waals surface area (Å²) in [5.74, 6) is 0. The number of nitrogens with zero attached hydrogens (tertiary/aromatic N) is 2. The van der Waals surface area contributed by atoms with Gasteiger partial charge in [0.25, 0.3) is 0 Å². The number of phosphoric ester groups is 1. The summed E-state index contributed by atoms with van der Waals surface area (Å²) < 4.78 is 20.2.